The quantitative estimate of drug-likeness (QED) is 0.393. The van der Waals surface area contributed by atoms with E-state index < -0.39 is 40.8 Å². The number of carbonyl (C=O) groups is 2. The number of rotatable bonds is 4. The van der Waals surface area contributed by atoms with E-state index in [9.17, 15) is 27.2 Å². The first-order valence-corrected chi connectivity index (χ1v) is 7.91. The van der Waals surface area contributed by atoms with E-state index in [1.807, 2.05) is 0 Å². The predicted octanol–water partition coefficient (Wildman–Crippen LogP) is 3.05. The summed E-state index contributed by atoms with van der Waals surface area (Å²) in [6.07, 6.45) is 1.20. The topological polar surface area (TPSA) is 99.2 Å². The third-order valence-electron chi connectivity index (χ3n) is 3.94. The predicted molar refractivity (Wildman–Crippen MR) is 93.5 cm³/mol. The van der Waals surface area contributed by atoms with Crippen LogP contribution in [-0.4, -0.2) is 28.8 Å². The molecule has 0 unspecified atom stereocenters. The van der Waals surface area contributed by atoms with Gasteiger partial charge in [-0.05, 0) is 24.3 Å². The molecule has 7 nitrogen and oxygen atoms in total. The van der Waals surface area contributed by atoms with E-state index in [4.69, 9.17) is 5.73 Å². The summed E-state index contributed by atoms with van der Waals surface area (Å²) in [4.78, 5) is 23.8. The lowest BCUT2D eigenvalue weighted by Gasteiger charge is -2.10. The van der Waals surface area contributed by atoms with E-state index in [2.05, 4.69) is 9.84 Å². The van der Waals surface area contributed by atoms with Gasteiger partial charge >= 0.3 is 5.97 Å². The number of nitrogens with zero attached hydrogens (tertiary/aromatic N) is 2. The second-order valence-corrected chi connectivity index (χ2v) is 5.69. The Labute approximate surface area is 160 Å². The number of benzene rings is 2. The van der Waals surface area contributed by atoms with Gasteiger partial charge in [-0.2, -0.15) is 5.10 Å². The van der Waals surface area contributed by atoms with Crippen LogP contribution in [0.1, 0.15) is 20.7 Å². The number of esters is 1. The first kappa shape index (κ1) is 19.9. The number of hydrogen-bond acceptors (Lipinski definition) is 5. The number of carbonyl (C=O) groups excluding carboxylic acids is 2. The maximum absolute atomic E-state index is 13.7. The summed E-state index contributed by atoms with van der Waals surface area (Å²) in [6, 6.07) is 5.33. The number of anilines is 2. The molecule has 1 amide bonds. The number of aromatic nitrogens is 2. The summed E-state index contributed by atoms with van der Waals surface area (Å²) in [6.45, 7) is 0. The van der Waals surface area contributed by atoms with Crippen molar-refractivity contribution in [1.29, 1.82) is 0 Å². The molecule has 0 saturated carbocycles. The van der Waals surface area contributed by atoms with Crippen molar-refractivity contribution in [3.63, 3.8) is 0 Å². The summed E-state index contributed by atoms with van der Waals surface area (Å²) >= 11 is 0. The SMILES string of the molecule is COC(=O)c1cnn(-c2ccc(C(=O)Nc3c(F)c(F)cc(F)c3F)cc2)c1N. The van der Waals surface area contributed by atoms with Gasteiger partial charge in [-0.15, -0.1) is 0 Å². The van der Waals surface area contributed by atoms with Gasteiger partial charge in [0.1, 0.15) is 17.1 Å². The summed E-state index contributed by atoms with van der Waals surface area (Å²) in [5, 5.41) is 5.74. The van der Waals surface area contributed by atoms with Crippen LogP contribution in [0.3, 0.4) is 0 Å². The molecule has 2 aromatic carbocycles. The van der Waals surface area contributed by atoms with Crippen molar-refractivity contribution in [2.45, 2.75) is 0 Å². The minimum absolute atomic E-state index is 0.00608. The van der Waals surface area contributed by atoms with E-state index >= 15 is 0 Å². The van der Waals surface area contributed by atoms with Crippen molar-refractivity contribution in [3.05, 3.63) is 70.9 Å². The van der Waals surface area contributed by atoms with E-state index in [-0.39, 0.29) is 23.0 Å². The molecule has 1 heterocycles. The summed E-state index contributed by atoms with van der Waals surface area (Å²) in [5.41, 5.74) is 4.93. The maximum Gasteiger partial charge on any atom is 0.343 e. The lowest BCUT2D eigenvalue weighted by Crippen LogP contribution is -2.16. The summed E-state index contributed by atoms with van der Waals surface area (Å²) in [5.74, 6) is -8.45. The standard InChI is InChI=1S/C18H12F4N4O3/c1-29-18(28)10-7-24-26(16(10)23)9-4-2-8(3-5-9)17(27)25-15-13(21)11(19)6-12(20)14(15)22/h2-7H,23H2,1H3,(H,25,27). The number of nitrogens with one attached hydrogen (secondary N) is 1. The van der Waals surface area contributed by atoms with Crippen LogP contribution in [0.25, 0.3) is 5.69 Å². The van der Waals surface area contributed by atoms with Crippen LogP contribution in [0, 0.1) is 23.3 Å². The molecular formula is C18H12F4N4O3. The fraction of sp³-hybridized carbons (Fsp3) is 0.0556. The molecule has 0 aliphatic heterocycles. The molecule has 0 aliphatic rings. The Hall–Kier alpha value is -3.89. The minimum atomic E-state index is -1.73. The third-order valence-corrected chi connectivity index (χ3v) is 3.94. The minimum Gasteiger partial charge on any atom is -0.465 e. The van der Waals surface area contributed by atoms with Crippen LogP contribution in [0.4, 0.5) is 29.1 Å². The van der Waals surface area contributed by atoms with Gasteiger partial charge in [0.2, 0.25) is 0 Å². The number of ether oxygens (including phenoxy) is 1. The second kappa shape index (κ2) is 7.62. The monoisotopic (exact) mass is 408 g/mol. The van der Waals surface area contributed by atoms with E-state index in [0.717, 1.165) is 0 Å². The lowest BCUT2D eigenvalue weighted by atomic mass is 10.1. The Bertz CT molecular complexity index is 1090. The molecule has 3 rings (SSSR count). The van der Waals surface area contributed by atoms with Crippen LogP contribution in [0.5, 0.6) is 0 Å². The van der Waals surface area contributed by atoms with Crippen LogP contribution in [-0.2, 0) is 4.74 Å². The summed E-state index contributed by atoms with van der Waals surface area (Å²) < 4.78 is 59.6. The van der Waals surface area contributed by atoms with Crippen LogP contribution < -0.4 is 11.1 Å². The van der Waals surface area contributed by atoms with E-state index in [1.165, 1.54) is 42.3 Å². The first-order chi connectivity index (χ1) is 13.7. The molecule has 0 spiro atoms. The molecule has 0 aliphatic carbocycles. The van der Waals surface area contributed by atoms with Gasteiger partial charge in [0.05, 0.1) is 19.0 Å². The smallest absolute Gasteiger partial charge is 0.343 e. The third kappa shape index (κ3) is 3.61. The van der Waals surface area contributed by atoms with Crippen molar-refractivity contribution < 1.29 is 31.9 Å². The molecule has 0 fully saturated rings. The van der Waals surface area contributed by atoms with Crippen molar-refractivity contribution in [3.8, 4) is 5.69 Å². The van der Waals surface area contributed by atoms with Gasteiger partial charge in [-0.25, -0.2) is 27.0 Å². The highest BCUT2D eigenvalue weighted by molar-refractivity contribution is 6.04. The first-order valence-electron chi connectivity index (χ1n) is 7.91. The van der Waals surface area contributed by atoms with E-state index in [0.29, 0.717) is 5.69 Å². The van der Waals surface area contributed by atoms with E-state index in [1.54, 1.807) is 5.32 Å². The number of methoxy groups -OCH3 is 1. The molecular weight excluding hydrogens is 396 g/mol. The maximum atomic E-state index is 13.7. The van der Waals surface area contributed by atoms with Crippen molar-refractivity contribution in [2.75, 3.05) is 18.2 Å². The molecule has 0 atom stereocenters. The zero-order valence-electron chi connectivity index (χ0n) is 14.7. The average molecular weight is 408 g/mol. The molecule has 3 aromatic rings. The second-order valence-electron chi connectivity index (χ2n) is 5.69. The van der Waals surface area contributed by atoms with Gasteiger partial charge in [0.25, 0.3) is 5.91 Å². The molecule has 150 valence electrons. The van der Waals surface area contributed by atoms with Gasteiger partial charge in [0.15, 0.2) is 23.3 Å². The zero-order valence-corrected chi connectivity index (χ0v) is 14.7. The number of halogens is 4. The molecule has 29 heavy (non-hydrogen) atoms. The van der Waals surface area contributed by atoms with Gasteiger partial charge < -0.3 is 15.8 Å². The number of nitrogen functional groups attached to an aromatic ring is 1. The Balaban J connectivity index is 1.86. The van der Waals surface area contributed by atoms with Crippen molar-refractivity contribution in [2.24, 2.45) is 0 Å². The highest BCUT2D eigenvalue weighted by Crippen LogP contribution is 2.25. The van der Waals surface area contributed by atoms with Gasteiger partial charge in [0, 0.05) is 11.6 Å². The van der Waals surface area contributed by atoms with Crippen LogP contribution in [0.2, 0.25) is 0 Å². The normalized spacial score (nSPS) is 10.7. The number of hydrogen-bond donors (Lipinski definition) is 2. The Morgan fingerprint density at radius 1 is 1.07 bits per heavy atom. The molecule has 1 aromatic heterocycles. The average Bonchev–Trinajstić information content (AvgIpc) is 3.10. The summed E-state index contributed by atoms with van der Waals surface area (Å²) in [7, 11) is 1.18. The fourth-order valence-corrected chi connectivity index (χ4v) is 2.45. The Kier molecular flexibility index (Phi) is 5.22. The Morgan fingerprint density at radius 2 is 1.66 bits per heavy atom. The largest absolute Gasteiger partial charge is 0.465 e. The van der Waals surface area contributed by atoms with Crippen LogP contribution >= 0.6 is 0 Å². The highest BCUT2D eigenvalue weighted by Gasteiger charge is 2.22. The lowest BCUT2D eigenvalue weighted by molar-refractivity contribution is 0.0602. The fourth-order valence-electron chi connectivity index (χ4n) is 2.45. The molecule has 0 bridgehead atoms. The van der Waals surface area contributed by atoms with Crippen molar-refractivity contribution >= 4 is 23.4 Å². The van der Waals surface area contributed by atoms with Crippen molar-refractivity contribution in [1.82, 2.24) is 9.78 Å². The molecule has 0 saturated heterocycles. The number of nitrogens with two attached hydrogens (primary N) is 1. The van der Waals surface area contributed by atoms with Gasteiger partial charge in [-0.1, -0.05) is 0 Å². The molecule has 3 N–H and O–H groups in total. The molecule has 0 radical (unpaired) electrons. The highest BCUT2D eigenvalue weighted by atomic mass is 19.2. The Morgan fingerprint density at radius 3 is 2.21 bits per heavy atom. The zero-order chi connectivity index (χ0) is 21.3. The molecule has 11 heteroatoms. The number of amides is 1. The van der Waals surface area contributed by atoms with Gasteiger partial charge in [-0.3, -0.25) is 4.79 Å². The van der Waals surface area contributed by atoms with Crippen LogP contribution in [0.15, 0.2) is 36.5 Å².